The fourth-order valence-electron chi connectivity index (χ4n) is 2.12. The highest BCUT2D eigenvalue weighted by Crippen LogP contribution is 2.17. The van der Waals surface area contributed by atoms with E-state index in [9.17, 15) is 4.79 Å². The number of rotatable bonds is 4. The van der Waals surface area contributed by atoms with E-state index in [1.165, 1.54) is 4.90 Å². The monoisotopic (exact) mass is 265 g/mol. The number of carbonyl (C=O) groups is 1. The van der Waals surface area contributed by atoms with Crippen LogP contribution in [0.2, 0.25) is 0 Å². The number of hydrogen-bond donors (Lipinski definition) is 1. The summed E-state index contributed by atoms with van der Waals surface area (Å²) in [6.45, 7) is 2.82. The molecule has 1 amide bonds. The molecule has 0 aliphatic carbocycles. The van der Waals surface area contributed by atoms with Gasteiger partial charge in [-0.2, -0.15) is 0 Å². The molecule has 2 rings (SSSR count). The summed E-state index contributed by atoms with van der Waals surface area (Å²) in [7, 11) is 0. The van der Waals surface area contributed by atoms with Gasteiger partial charge in [-0.25, -0.2) is 0 Å². The van der Waals surface area contributed by atoms with E-state index in [1.807, 2.05) is 37.4 Å². The Kier molecular flexibility index (Phi) is 4.66. The Morgan fingerprint density at radius 1 is 1.44 bits per heavy atom. The third-order valence-corrected chi connectivity index (χ3v) is 3.98. The minimum Gasteiger partial charge on any atom is -0.376 e. The molecule has 0 spiro atoms. The highest BCUT2D eigenvalue weighted by atomic mass is 32.2. The van der Waals surface area contributed by atoms with E-state index in [2.05, 4.69) is 5.32 Å². The highest BCUT2D eigenvalue weighted by Gasteiger charge is 2.23. The normalized spacial score (nSPS) is 20.7. The summed E-state index contributed by atoms with van der Waals surface area (Å²) in [5, 5.41) is 3.00. The maximum atomic E-state index is 12.0. The zero-order valence-corrected chi connectivity index (χ0v) is 11.6. The predicted octanol–water partition coefficient (Wildman–Crippen LogP) is 2.71. The average Bonchev–Trinajstić information content (AvgIpc) is 2.92. The lowest BCUT2D eigenvalue weighted by molar-refractivity contribution is 0.0712. The number of benzene rings is 1. The van der Waals surface area contributed by atoms with Gasteiger partial charge >= 0.3 is 0 Å². The molecule has 0 aromatic heterocycles. The SMILES string of the molecule is CSc1ccc(C(=O)N[C@@H](C)[C@H]2CCCO2)cc1. The Bertz CT molecular complexity index is 399. The summed E-state index contributed by atoms with van der Waals surface area (Å²) in [4.78, 5) is 13.2. The zero-order chi connectivity index (χ0) is 13.0. The van der Waals surface area contributed by atoms with Crippen molar-refractivity contribution in [3.8, 4) is 0 Å². The predicted molar refractivity (Wildman–Crippen MR) is 74.1 cm³/mol. The van der Waals surface area contributed by atoms with Crippen LogP contribution in [0.5, 0.6) is 0 Å². The van der Waals surface area contributed by atoms with Gasteiger partial charge in [0.2, 0.25) is 0 Å². The van der Waals surface area contributed by atoms with Crippen LogP contribution < -0.4 is 5.32 Å². The molecule has 2 atom stereocenters. The van der Waals surface area contributed by atoms with Gasteiger partial charge in [0, 0.05) is 17.1 Å². The van der Waals surface area contributed by atoms with Crippen molar-refractivity contribution in [2.24, 2.45) is 0 Å². The molecule has 18 heavy (non-hydrogen) atoms. The van der Waals surface area contributed by atoms with Crippen LogP contribution >= 0.6 is 11.8 Å². The molecular formula is C14H19NO2S. The van der Waals surface area contributed by atoms with Crippen LogP contribution in [-0.4, -0.2) is 30.9 Å². The molecule has 1 saturated heterocycles. The maximum absolute atomic E-state index is 12.0. The van der Waals surface area contributed by atoms with Crippen LogP contribution in [0.3, 0.4) is 0 Å². The first-order valence-electron chi connectivity index (χ1n) is 6.27. The van der Waals surface area contributed by atoms with Crippen molar-refractivity contribution in [3.63, 3.8) is 0 Å². The first-order chi connectivity index (χ1) is 8.70. The molecule has 0 bridgehead atoms. The van der Waals surface area contributed by atoms with Gasteiger partial charge in [-0.3, -0.25) is 4.79 Å². The number of hydrogen-bond acceptors (Lipinski definition) is 3. The van der Waals surface area contributed by atoms with Gasteiger partial charge in [-0.1, -0.05) is 0 Å². The molecule has 4 heteroatoms. The van der Waals surface area contributed by atoms with E-state index in [1.54, 1.807) is 11.8 Å². The second kappa shape index (κ2) is 6.25. The lowest BCUT2D eigenvalue weighted by Gasteiger charge is -2.20. The summed E-state index contributed by atoms with van der Waals surface area (Å²) in [6.07, 6.45) is 4.31. The number of amides is 1. The Labute approximate surface area is 112 Å². The second-order valence-electron chi connectivity index (χ2n) is 4.54. The molecule has 1 aromatic rings. The Balaban J connectivity index is 1.93. The summed E-state index contributed by atoms with van der Waals surface area (Å²) >= 11 is 1.67. The summed E-state index contributed by atoms with van der Waals surface area (Å²) in [5.74, 6) is -0.0225. The van der Waals surface area contributed by atoms with Gasteiger partial charge in [0.1, 0.15) is 0 Å². The van der Waals surface area contributed by atoms with Gasteiger partial charge in [-0.15, -0.1) is 11.8 Å². The Morgan fingerprint density at radius 3 is 2.72 bits per heavy atom. The van der Waals surface area contributed by atoms with Crippen LogP contribution in [0.1, 0.15) is 30.1 Å². The zero-order valence-electron chi connectivity index (χ0n) is 10.8. The van der Waals surface area contributed by atoms with Crippen molar-refractivity contribution in [1.82, 2.24) is 5.32 Å². The van der Waals surface area contributed by atoms with Crippen LogP contribution in [0.4, 0.5) is 0 Å². The van der Waals surface area contributed by atoms with E-state index in [-0.39, 0.29) is 18.1 Å². The molecular weight excluding hydrogens is 246 g/mol. The third kappa shape index (κ3) is 3.27. The summed E-state index contributed by atoms with van der Waals surface area (Å²) in [6, 6.07) is 7.74. The summed E-state index contributed by atoms with van der Waals surface area (Å²) < 4.78 is 5.57. The van der Waals surface area contributed by atoms with Gasteiger partial charge in [-0.05, 0) is 50.3 Å². The fraction of sp³-hybridized carbons (Fsp3) is 0.500. The molecule has 0 saturated carbocycles. The minimum absolute atomic E-state index is 0.0225. The lowest BCUT2D eigenvalue weighted by atomic mass is 10.1. The highest BCUT2D eigenvalue weighted by molar-refractivity contribution is 7.98. The van der Waals surface area contributed by atoms with Crippen molar-refractivity contribution >= 4 is 17.7 Å². The topological polar surface area (TPSA) is 38.3 Å². The quantitative estimate of drug-likeness (QED) is 0.851. The second-order valence-corrected chi connectivity index (χ2v) is 5.42. The van der Waals surface area contributed by atoms with E-state index >= 15 is 0 Å². The maximum Gasteiger partial charge on any atom is 0.251 e. The smallest absolute Gasteiger partial charge is 0.251 e. The largest absolute Gasteiger partial charge is 0.376 e. The first kappa shape index (κ1) is 13.4. The molecule has 98 valence electrons. The van der Waals surface area contributed by atoms with Crippen LogP contribution in [0, 0.1) is 0 Å². The van der Waals surface area contributed by atoms with Gasteiger partial charge < -0.3 is 10.1 Å². The fourth-order valence-corrected chi connectivity index (χ4v) is 2.53. The van der Waals surface area contributed by atoms with Crippen molar-refractivity contribution in [3.05, 3.63) is 29.8 Å². The van der Waals surface area contributed by atoms with E-state index in [0.717, 1.165) is 19.4 Å². The molecule has 1 fully saturated rings. The van der Waals surface area contributed by atoms with Gasteiger partial charge in [0.25, 0.3) is 5.91 Å². The first-order valence-corrected chi connectivity index (χ1v) is 7.49. The van der Waals surface area contributed by atoms with E-state index in [0.29, 0.717) is 5.56 Å². The van der Waals surface area contributed by atoms with Crippen LogP contribution in [0.15, 0.2) is 29.2 Å². The Hall–Kier alpha value is -1.00. The molecule has 0 unspecified atom stereocenters. The molecule has 1 aliphatic rings. The molecule has 3 nitrogen and oxygen atoms in total. The van der Waals surface area contributed by atoms with Gasteiger partial charge in [0.15, 0.2) is 0 Å². The molecule has 1 N–H and O–H groups in total. The van der Waals surface area contributed by atoms with Crippen LogP contribution in [0.25, 0.3) is 0 Å². The average molecular weight is 265 g/mol. The molecule has 1 aromatic carbocycles. The van der Waals surface area contributed by atoms with E-state index in [4.69, 9.17) is 4.74 Å². The number of ether oxygens (including phenoxy) is 1. The lowest BCUT2D eigenvalue weighted by Crippen LogP contribution is -2.40. The van der Waals surface area contributed by atoms with Gasteiger partial charge in [0.05, 0.1) is 12.1 Å². The van der Waals surface area contributed by atoms with Crippen LogP contribution in [-0.2, 0) is 4.74 Å². The third-order valence-electron chi connectivity index (χ3n) is 3.23. The molecule has 1 heterocycles. The van der Waals surface area contributed by atoms with Crippen molar-refractivity contribution in [2.45, 2.75) is 36.8 Å². The van der Waals surface area contributed by atoms with E-state index < -0.39 is 0 Å². The van der Waals surface area contributed by atoms with Crippen molar-refractivity contribution in [2.75, 3.05) is 12.9 Å². The Morgan fingerprint density at radius 2 is 2.17 bits per heavy atom. The standard InChI is InChI=1S/C14H19NO2S/c1-10(13-4-3-9-17-13)15-14(16)11-5-7-12(18-2)8-6-11/h5-8,10,13H,3-4,9H2,1-2H3,(H,15,16)/t10-,13+/m0/s1. The minimum atomic E-state index is -0.0225. The summed E-state index contributed by atoms with van der Waals surface area (Å²) in [5.41, 5.74) is 0.706. The number of carbonyl (C=O) groups excluding carboxylic acids is 1. The molecule has 0 radical (unpaired) electrons. The van der Waals surface area contributed by atoms with Crippen molar-refractivity contribution < 1.29 is 9.53 Å². The number of thioether (sulfide) groups is 1. The molecule has 1 aliphatic heterocycles. The number of nitrogens with one attached hydrogen (secondary N) is 1. The van der Waals surface area contributed by atoms with Crippen molar-refractivity contribution in [1.29, 1.82) is 0 Å².